The summed E-state index contributed by atoms with van der Waals surface area (Å²) in [7, 11) is 0. The molecular formula is C12H25NO. The van der Waals surface area contributed by atoms with Crippen LogP contribution in [-0.2, 0) is 0 Å². The molecule has 0 aromatic heterocycles. The molecule has 84 valence electrons. The van der Waals surface area contributed by atoms with Crippen LogP contribution in [0.2, 0.25) is 0 Å². The van der Waals surface area contributed by atoms with E-state index in [-0.39, 0.29) is 6.10 Å². The molecular weight excluding hydrogens is 174 g/mol. The molecule has 1 aliphatic carbocycles. The van der Waals surface area contributed by atoms with Crippen molar-refractivity contribution in [2.24, 2.45) is 5.92 Å². The predicted molar refractivity (Wildman–Crippen MR) is 60.4 cm³/mol. The highest BCUT2D eigenvalue weighted by Gasteiger charge is 2.21. The molecule has 0 aromatic rings. The molecule has 1 aliphatic rings. The van der Waals surface area contributed by atoms with Gasteiger partial charge in [-0.3, -0.25) is 0 Å². The van der Waals surface area contributed by atoms with Gasteiger partial charge in [0.2, 0.25) is 0 Å². The molecule has 0 radical (unpaired) electrons. The van der Waals surface area contributed by atoms with E-state index >= 15 is 0 Å². The molecule has 2 nitrogen and oxygen atoms in total. The zero-order valence-corrected chi connectivity index (χ0v) is 9.47. The average molecular weight is 199 g/mol. The summed E-state index contributed by atoms with van der Waals surface area (Å²) in [5.41, 5.74) is 0. The molecule has 0 spiro atoms. The Bertz CT molecular complexity index is 138. The van der Waals surface area contributed by atoms with Crippen molar-refractivity contribution in [2.75, 3.05) is 13.1 Å². The summed E-state index contributed by atoms with van der Waals surface area (Å²) in [6.07, 6.45) is 8.59. The maximum Gasteiger partial charge on any atom is 0.0580 e. The van der Waals surface area contributed by atoms with Crippen LogP contribution in [0.25, 0.3) is 0 Å². The Labute approximate surface area is 88.1 Å². The summed E-state index contributed by atoms with van der Waals surface area (Å²) < 4.78 is 0. The lowest BCUT2D eigenvalue weighted by Gasteiger charge is -2.27. The van der Waals surface area contributed by atoms with Gasteiger partial charge >= 0.3 is 0 Å². The van der Waals surface area contributed by atoms with E-state index < -0.39 is 0 Å². The zero-order chi connectivity index (χ0) is 10.2. The maximum atomic E-state index is 9.73. The van der Waals surface area contributed by atoms with E-state index in [4.69, 9.17) is 0 Å². The lowest BCUT2D eigenvalue weighted by atomic mass is 9.86. The Morgan fingerprint density at radius 1 is 1.21 bits per heavy atom. The fourth-order valence-corrected chi connectivity index (χ4v) is 2.21. The molecule has 0 aromatic carbocycles. The number of aliphatic hydroxyl groups excluding tert-OH is 1. The van der Waals surface area contributed by atoms with Crippen molar-refractivity contribution in [3.05, 3.63) is 0 Å². The second-order valence-corrected chi connectivity index (χ2v) is 4.52. The van der Waals surface area contributed by atoms with Gasteiger partial charge < -0.3 is 10.4 Å². The first kappa shape index (κ1) is 12.0. The molecule has 2 N–H and O–H groups in total. The lowest BCUT2D eigenvalue weighted by molar-refractivity contribution is 0.0697. The third kappa shape index (κ3) is 4.43. The SMILES string of the molecule is CCCCCNCC1CCCCC1O. The Balaban J connectivity index is 1.99. The summed E-state index contributed by atoms with van der Waals surface area (Å²) in [5.74, 6) is 0.519. The van der Waals surface area contributed by atoms with Crippen LogP contribution in [0.15, 0.2) is 0 Å². The van der Waals surface area contributed by atoms with Gasteiger partial charge in [-0.1, -0.05) is 32.6 Å². The molecule has 14 heavy (non-hydrogen) atoms. The van der Waals surface area contributed by atoms with Gasteiger partial charge in [0, 0.05) is 6.54 Å². The van der Waals surface area contributed by atoms with Gasteiger partial charge in [0.05, 0.1) is 6.10 Å². The number of hydrogen-bond donors (Lipinski definition) is 2. The Hall–Kier alpha value is -0.0800. The molecule has 2 heteroatoms. The van der Waals surface area contributed by atoms with Gasteiger partial charge in [-0.15, -0.1) is 0 Å². The molecule has 1 saturated carbocycles. The van der Waals surface area contributed by atoms with E-state index in [0.717, 1.165) is 19.5 Å². The lowest BCUT2D eigenvalue weighted by Crippen LogP contribution is -2.34. The van der Waals surface area contributed by atoms with Crippen LogP contribution in [0.1, 0.15) is 51.9 Å². The van der Waals surface area contributed by atoms with E-state index in [1.54, 1.807) is 0 Å². The Kier molecular flexibility index (Phi) is 6.20. The number of nitrogens with one attached hydrogen (secondary N) is 1. The zero-order valence-electron chi connectivity index (χ0n) is 9.47. The monoisotopic (exact) mass is 199 g/mol. The highest BCUT2D eigenvalue weighted by molar-refractivity contribution is 4.75. The minimum atomic E-state index is -0.0394. The predicted octanol–water partition coefficient (Wildman–Crippen LogP) is 2.32. The summed E-state index contributed by atoms with van der Waals surface area (Å²) in [6.45, 7) is 4.37. The summed E-state index contributed by atoms with van der Waals surface area (Å²) in [6, 6.07) is 0. The number of rotatable bonds is 6. The molecule has 0 amide bonds. The normalized spacial score (nSPS) is 27.9. The number of hydrogen-bond acceptors (Lipinski definition) is 2. The first-order valence-corrected chi connectivity index (χ1v) is 6.23. The first-order chi connectivity index (χ1) is 6.84. The van der Waals surface area contributed by atoms with Crippen LogP contribution >= 0.6 is 0 Å². The van der Waals surface area contributed by atoms with E-state index in [2.05, 4.69) is 12.2 Å². The molecule has 1 rings (SSSR count). The van der Waals surface area contributed by atoms with Crippen molar-refractivity contribution in [3.8, 4) is 0 Å². The minimum absolute atomic E-state index is 0.0394. The topological polar surface area (TPSA) is 32.3 Å². The van der Waals surface area contributed by atoms with Crippen LogP contribution in [-0.4, -0.2) is 24.3 Å². The molecule has 2 atom stereocenters. The van der Waals surface area contributed by atoms with Crippen LogP contribution in [0.3, 0.4) is 0 Å². The summed E-state index contributed by atoms with van der Waals surface area (Å²) in [4.78, 5) is 0. The van der Waals surface area contributed by atoms with E-state index in [0.29, 0.717) is 5.92 Å². The highest BCUT2D eigenvalue weighted by Crippen LogP contribution is 2.23. The van der Waals surface area contributed by atoms with Crippen LogP contribution in [0.4, 0.5) is 0 Å². The molecule has 0 heterocycles. The van der Waals surface area contributed by atoms with Crippen LogP contribution in [0.5, 0.6) is 0 Å². The highest BCUT2D eigenvalue weighted by atomic mass is 16.3. The fourth-order valence-electron chi connectivity index (χ4n) is 2.21. The minimum Gasteiger partial charge on any atom is -0.393 e. The average Bonchev–Trinajstić information content (AvgIpc) is 2.20. The van der Waals surface area contributed by atoms with Crippen molar-refractivity contribution < 1.29 is 5.11 Å². The molecule has 0 aliphatic heterocycles. The van der Waals surface area contributed by atoms with Crippen molar-refractivity contribution in [3.63, 3.8) is 0 Å². The van der Waals surface area contributed by atoms with E-state index in [1.807, 2.05) is 0 Å². The third-order valence-electron chi connectivity index (χ3n) is 3.23. The molecule has 2 unspecified atom stereocenters. The van der Waals surface area contributed by atoms with Crippen LogP contribution in [0, 0.1) is 5.92 Å². The molecule has 0 bridgehead atoms. The summed E-state index contributed by atoms with van der Waals surface area (Å²) in [5, 5.41) is 13.2. The first-order valence-electron chi connectivity index (χ1n) is 6.23. The maximum absolute atomic E-state index is 9.73. The fraction of sp³-hybridized carbons (Fsp3) is 1.00. The molecule has 0 saturated heterocycles. The van der Waals surface area contributed by atoms with E-state index in [9.17, 15) is 5.11 Å². The summed E-state index contributed by atoms with van der Waals surface area (Å²) >= 11 is 0. The number of unbranched alkanes of at least 4 members (excludes halogenated alkanes) is 2. The molecule has 1 fully saturated rings. The Morgan fingerprint density at radius 2 is 2.00 bits per heavy atom. The van der Waals surface area contributed by atoms with Gasteiger partial charge in [0.25, 0.3) is 0 Å². The quantitative estimate of drug-likeness (QED) is 0.643. The van der Waals surface area contributed by atoms with Crippen LogP contribution < -0.4 is 5.32 Å². The van der Waals surface area contributed by atoms with Gasteiger partial charge in [0.15, 0.2) is 0 Å². The standard InChI is InChI=1S/C12H25NO/c1-2-3-6-9-13-10-11-7-4-5-8-12(11)14/h11-14H,2-10H2,1H3. The third-order valence-corrected chi connectivity index (χ3v) is 3.23. The number of aliphatic hydroxyl groups is 1. The van der Waals surface area contributed by atoms with Crippen molar-refractivity contribution >= 4 is 0 Å². The second kappa shape index (κ2) is 7.24. The van der Waals surface area contributed by atoms with Crippen molar-refractivity contribution in [1.82, 2.24) is 5.32 Å². The Morgan fingerprint density at radius 3 is 2.71 bits per heavy atom. The van der Waals surface area contributed by atoms with Crippen molar-refractivity contribution in [2.45, 2.75) is 58.0 Å². The van der Waals surface area contributed by atoms with Gasteiger partial charge in [0.1, 0.15) is 0 Å². The second-order valence-electron chi connectivity index (χ2n) is 4.52. The van der Waals surface area contributed by atoms with Gasteiger partial charge in [-0.05, 0) is 31.7 Å². The smallest absolute Gasteiger partial charge is 0.0580 e. The van der Waals surface area contributed by atoms with Gasteiger partial charge in [-0.2, -0.15) is 0 Å². The van der Waals surface area contributed by atoms with Crippen molar-refractivity contribution in [1.29, 1.82) is 0 Å². The van der Waals surface area contributed by atoms with Gasteiger partial charge in [-0.25, -0.2) is 0 Å². The largest absolute Gasteiger partial charge is 0.393 e. The van der Waals surface area contributed by atoms with E-state index in [1.165, 1.54) is 38.5 Å².